The Kier molecular flexibility index (Phi) is 3.75. The zero-order chi connectivity index (χ0) is 14.0. The molecule has 0 spiro atoms. The number of anilines is 1. The molecule has 0 radical (unpaired) electrons. The van der Waals surface area contributed by atoms with E-state index in [1.807, 2.05) is 11.8 Å². The fourth-order valence-corrected chi connectivity index (χ4v) is 2.53. The molecular weight excluding hydrogens is 249 g/mol. The van der Waals surface area contributed by atoms with Crippen molar-refractivity contribution in [1.82, 2.24) is 0 Å². The highest BCUT2D eigenvalue weighted by Crippen LogP contribution is 2.30. The first kappa shape index (κ1) is 13.8. The van der Waals surface area contributed by atoms with Crippen LogP contribution in [0.3, 0.4) is 0 Å². The zero-order valence-electron chi connectivity index (χ0n) is 11.1. The summed E-state index contributed by atoms with van der Waals surface area (Å²) in [5.74, 6) is -1.65. The third-order valence-electron chi connectivity index (χ3n) is 3.68. The summed E-state index contributed by atoms with van der Waals surface area (Å²) in [6.07, 6.45) is 1.85. The number of methoxy groups -OCH3 is 1. The third kappa shape index (κ3) is 2.87. The van der Waals surface area contributed by atoms with E-state index in [0.717, 1.165) is 25.5 Å². The van der Waals surface area contributed by atoms with Gasteiger partial charge in [-0.15, -0.1) is 0 Å². The van der Waals surface area contributed by atoms with Crippen LogP contribution in [0.25, 0.3) is 0 Å². The van der Waals surface area contributed by atoms with Crippen molar-refractivity contribution in [2.45, 2.75) is 25.4 Å². The third-order valence-corrected chi connectivity index (χ3v) is 3.68. The van der Waals surface area contributed by atoms with Crippen LogP contribution in [0.2, 0.25) is 0 Å². The molecule has 4 nitrogen and oxygen atoms in total. The Morgan fingerprint density at radius 3 is 2.89 bits per heavy atom. The molecule has 0 saturated carbocycles. The maximum atomic E-state index is 13.2. The first-order chi connectivity index (χ1) is 8.95. The molecular formula is C14H18FNO3. The molecule has 1 heterocycles. The molecule has 19 heavy (non-hydrogen) atoms. The molecule has 1 N–H and O–H groups in total. The highest BCUT2D eigenvalue weighted by molar-refractivity contribution is 5.94. The summed E-state index contributed by atoms with van der Waals surface area (Å²) in [4.78, 5) is 13.2. The Hall–Kier alpha value is -1.62. The van der Waals surface area contributed by atoms with Crippen molar-refractivity contribution >= 4 is 11.7 Å². The standard InChI is InChI=1S/C14H18FNO3/c1-14(19-2)6-3-7-16(9-14)12-5-4-10(15)8-11(12)13(17)18/h4-5,8H,3,6-7,9H2,1-2H3,(H,17,18). The van der Waals surface area contributed by atoms with Crippen LogP contribution in [0.4, 0.5) is 10.1 Å². The van der Waals surface area contributed by atoms with Crippen molar-refractivity contribution in [3.8, 4) is 0 Å². The van der Waals surface area contributed by atoms with Crippen molar-refractivity contribution < 1.29 is 19.0 Å². The molecule has 0 amide bonds. The number of aromatic carboxylic acids is 1. The van der Waals surface area contributed by atoms with Gasteiger partial charge in [-0.05, 0) is 38.0 Å². The minimum Gasteiger partial charge on any atom is -0.478 e. The number of rotatable bonds is 3. The average molecular weight is 267 g/mol. The number of benzene rings is 1. The molecule has 1 unspecified atom stereocenters. The molecule has 1 aliphatic heterocycles. The first-order valence-corrected chi connectivity index (χ1v) is 6.28. The second kappa shape index (κ2) is 5.17. The van der Waals surface area contributed by atoms with Crippen LogP contribution in [-0.4, -0.2) is 36.9 Å². The molecule has 1 saturated heterocycles. The normalized spacial score (nSPS) is 23.4. The zero-order valence-corrected chi connectivity index (χ0v) is 11.1. The van der Waals surface area contributed by atoms with E-state index in [9.17, 15) is 14.3 Å². The van der Waals surface area contributed by atoms with E-state index in [1.165, 1.54) is 12.1 Å². The lowest BCUT2D eigenvalue weighted by Gasteiger charge is -2.41. The lowest BCUT2D eigenvalue weighted by atomic mass is 9.94. The second-order valence-corrected chi connectivity index (χ2v) is 5.15. The predicted octanol–water partition coefficient (Wildman–Crippen LogP) is 2.53. The molecule has 5 heteroatoms. The summed E-state index contributed by atoms with van der Waals surface area (Å²) < 4.78 is 18.7. The molecule has 2 rings (SSSR count). The maximum Gasteiger partial charge on any atom is 0.337 e. The molecule has 1 fully saturated rings. The van der Waals surface area contributed by atoms with Gasteiger partial charge in [-0.3, -0.25) is 0 Å². The largest absolute Gasteiger partial charge is 0.478 e. The van der Waals surface area contributed by atoms with Crippen molar-refractivity contribution in [2.24, 2.45) is 0 Å². The van der Waals surface area contributed by atoms with Gasteiger partial charge in [0.25, 0.3) is 0 Å². The van der Waals surface area contributed by atoms with E-state index in [1.54, 1.807) is 7.11 Å². The predicted molar refractivity (Wildman–Crippen MR) is 70.2 cm³/mol. The number of hydrogen-bond donors (Lipinski definition) is 1. The van der Waals surface area contributed by atoms with Crippen LogP contribution in [0, 0.1) is 5.82 Å². The van der Waals surface area contributed by atoms with Gasteiger partial charge in [0, 0.05) is 20.2 Å². The number of halogens is 1. The molecule has 0 aromatic heterocycles. The fraction of sp³-hybridized carbons (Fsp3) is 0.500. The van der Waals surface area contributed by atoms with E-state index in [4.69, 9.17) is 4.74 Å². The molecule has 0 aliphatic carbocycles. The second-order valence-electron chi connectivity index (χ2n) is 5.15. The summed E-state index contributed by atoms with van der Waals surface area (Å²) in [7, 11) is 1.66. The van der Waals surface area contributed by atoms with E-state index in [2.05, 4.69) is 0 Å². The molecule has 104 valence electrons. The van der Waals surface area contributed by atoms with Crippen molar-refractivity contribution in [2.75, 3.05) is 25.1 Å². The van der Waals surface area contributed by atoms with Crippen molar-refractivity contribution in [3.05, 3.63) is 29.6 Å². The number of carbonyl (C=O) groups is 1. The SMILES string of the molecule is COC1(C)CCCN(c2ccc(F)cc2C(=O)O)C1. The average Bonchev–Trinajstić information content (AvgIpc) is 2.38. The Morgan fingerprint density at radius 1 is 1.53 bits per heavy atom. The lowest BCUT2D eigenvalue weighted by Crippen LogP contribution is -2.47. The fourth-order valence-electron chi connectivity index (χ4n) is 2.53. The Balaban J connectivity index is 2.33. The molecule has 0 bridgehead atoms. The van der Waals surface area contributed by atoms with Gasteiger partial charge in [-0.1, -0.05) is 0 Å². The number of piperidine rings is 1. The van der Waals surface area contributed by atoms with Gasteiger partial charge < -0.3 is 14.7 Å². The Labute approximate surface area is 111 Å². The van der Waals surface area contributed by atoms with Gasteiger partial charge in [-0.2, -0.15) is 0 Å². The molecule has 1 atom stereocenters. The summed E-state index contributed by atoms with van der Waals surface area (Å²) in [5, 5.41) is 9.18. The Morgan fingerprint density at radius 2 is 2.26 bits per heavy atom. The summed E-state index contributed by atoms with van der Waals surface area (Å²) in [5.41, 5.74) is 0.264. The number of hydrogen-bond acceptors (Lipinski definition) is 3. The molecule has 1 aromatic carbocycles. The van der Waals surface area contributed by atoms with E-state index in [0.29, 0.717) is 12.2 Å². The van der Waals surface area contributed by atoms with Crippen LogP contribution in [0.5, 0.6) is 0 Å². The maximum absolute atomic E-state index is 13.2. The quantitative estimate of drug-likeness (QED) is 0.914. The van der Waals surface area contributed by atoms with Crippen LogP contribution >= 0.6 is 0 Å². The van der Waals surface area contributed by atoms with E-state index >= 15 is 0 Å². The van der Waals surface area contributed by atoms with Crippen molar-refractivity contribution in [1.29, 1.82) is 0 Å². The van der Waals surface area contributed by atoms with Crippen LogP contribution < -0.4 is 4.90 Å². The first-order valence-electron chi connectivity index (χ1n) is 6.28. The summed E-state index contributed by atoms with van der Waals surface area (Å²) in [6.45, 7) is 3.36. The smallest absolute Gasteiger partial charge is 0.337 e. The van der Waals surface area contributed by atoms with Gasteiger partial charge >= 0.3 is 5.97 Å². The van der Waals surface area contributed by atoms with Gasteiger partial charge in [0.2, 0.25) is 0 Å². The van der Waals surface area contributed by atoms with Gasteiger partial charge in [0.1, 0.15) is 5.82 Å². The number of carboxylic acid groups (broad SMARTS) is 1. The van der Waals surface area contributed by atoms with Crippen LogP contribution in [-0.2, 0) is 4.74 Å². The number of carboxylic acids is 1. The molecule has 1 aliphatic rings. The number of ether oxygens (including phenoxy) is 1. The van der Waals surface area contributed by atoms with Crippen LogP contribution in [0.15, 0.2) is 18.2 Å². The highest BCUT2D eigenvalue weighted by Gasteiger charge is 2.32. The summed E-state index contributed by atoms with van der Waals surface area (Å²) in [6, 6.07) is 3.89. The lowest BCUT2D eigenvalue weighted by molar-refractivity contribution is -0.00472. The monoisotopic (exact) mass is 267 g/mol. The van der Waals surface area contributed by atoms with Crippen molar-refractivity contribution in [3.63, 3.8) is 0 Å². The minimum atomic E-state index is -1.11. The van der Waals surface area contributed by atoms with Gasteiger partial charge in [0.15, 0.2) is 0 Å². The topological polar surface area (TPSA) is 49.8 Å². The van der Waals surface area contributed by atoms with Gasteiger partial charge in [-0.25, -0.2) is 9.18 Å². The minimum absolute atomic E-state index is 0.000327. The Bertz CT molecular complexity index is 492. The summed E-state index contributed by atoms with van der Waals surface area (Å²) >= 11 is 0. The number of nitrogens with zero attached hydrogens (tertiary/aromatic N) is 1. The van der Waals surface area contributed by atoms with E-state index in [-0.39, 0.29) is 11.2 Å². The van der Waals surface area contributed by atoms with Gasteiger partial charge in [0.05, 0.1) is 16.9 Å². The molecule has 1 aromatic rings. The van der Waals surface area contributed by atoms with E-state index < -0.39 is 11.8 Å². The van der Waals surface area contributed by atoms with Crippen LogP contribution in [0.1, 0.15) is 30.1 Å². The highest BCUT2D eigenvalue weighted by atomic mass is 19.1.